The summed E-state index contributed by atoms with van der Waals surface area (Å²) in [4.78, 5) is 11.1. The molecule has 2 rings (SSSR count). The minimum atomic E-state index is -3.48. The second-order valence-electron chi connectivity index (χ2n) is 5.65. The number of aliphatic carboxylic acids is 1. The predicted molar refractivity (Wildman–Crippen MR) is 69.3 cm³/mol. The monoisotopic (exact) mass is 291 g/mol. The van der Waals surface area contributed by atoms with Crippen LogP contribution < -0.4 is 0 Å². The summed E-state index contributed by atoms with van der Waals surface area (Å²) in [6.07, 6.45) is 2.34. The third-order valence-corrected chi connectivity index (χ3v) is 6.99. The summed E-state index contributed by atoms with van der Waals surface area (Å²) >= 11 is 0. The molecule has 2 atom stereocenters. The Morgan fingerprint density at radius 3 is 2.53 bits per heavy atom. The maximum absolute atomic E-state index is 12.7. The minimum Gasteiger partial charge on any atom is -0.481 e. The highest BCUT2D eigenvalue weighted by atomic mass is 32.2. The third-order valence-electron chi connectivity index (χ3n) is 4.25. The van der Waals surface area contributed by atoms with Crippen LogP contribution in [0.25, 0.3) is 0 Å². The Morgan fingerprint density at radius 1 is 1.42 bits per heavy atom. The molecule has 0 aromatic carbocycles. The molecule has 7 heteroatoms. The lowest BCUT2D eigenvalue weighted by molar-refractivity contribution is -0.143. The van der Waals surface area contributed by atoms with Gasteiger partial charge in [0.25, 0.3) is 0 Å². The van der Waals surface area contributed by atoms with E-state index in [9.17, 15) is 13.2 Å². The fraction of sp³-hybridized carbons (Fsp3) is 0.917. The third kappa shape index (κ3) is 2.51. The van der Waals surface area contributed by atoms with Gasteiger partial charge in [-0.15, -0.1) is 0 Å². The normalized spacial score (nSPS) is 31.1. The van der Waals surface area contributed by atoms with Crippen molar-refractivity contribution in [1.29, 1.82) is 0 Å². The highest BCUT2D eigenvalue weighted by Gasteiger charge is 2.58. The van der Waals surface area contributed by atoms with Crippen LogP contribution in [0.5, 0.6) is 0 Å². The summed E-state index contributed by atoms with van der Waals surface area (Å²) in [5, 5.41) is 9.08. The van der Waals surface area contributed by atoms with Gasteiger partial charge in [-0.05, 0) is 32.6 Å². The molecule has 0 bridgehead atoms. The molecule has 6 nitrogen and oxygen atoms in total. The Labute approximate surface area is 113 Å². The maximum atomic E-state index is 12.7. The number of hydrogen-bond acceptors (Lipinski definition) is 4. The molecule has 1 saturated carbocycles. The fourth-order valence-corrected chi connectivity index (χ4v) is 5.08. The lowest BCUT2D eigenvalue weighted by atomic mass is 9.96. The van der Waals surface area contributed by atoms with Crippen molar-refractivity contribution >= 4 is 16.0 Å². The summed E-state index contributed by atoms with van der Waals surface area (Å²) in [6, 6.07) is -0.130. The van der Waals surface area contributed by atoms with E-state index in [0.29, 0.717) is 25.7 Å². The molecule has 1 saturated heterocycles. The Morgan fingerprint density at radius 2 is 2.05 bits per heavy atom. The second kappa shape index (κ2) is 5.03. The van der Waals surface area contributed by atoms with Gasteiger partial charge in [0.15, 0.2) is 0 Å². The molecule has 19 heavy (non-hydrogen) atoms. The van der Waals surface area contributed by atoms with Crippen molar-refractivity contribution in [3.05, 3.63) is 0 Å². The van der Waals surface area contributed by atoms with E-state index >= 15 is 0 Å². The van der Waals surface area contributed by atoms with Gasteiger partial charge in [0.05, 0.1) is 12.5 Å². The number of carboxylic acids is 1. The van der Waals surface area contributed by atoms with Gasteiger partial charge in [-0.25, -0.2) is 8.42 Å². The maximum Gasteiger partial charge on any atom is 0.307 e. The highest BCUT2D eigenvalue weighted by molar-refractivity contribution is 7.90. The van der Waals surface area contributed by atoms with Crippen molar-refractivity contribution in [3.8, 4) is 0 Å². The van der Waals surface area contributed by atoms with E-state index in [0.717, 1.165) is 0 Å². The van der Waals surface area contributed by atoms with Gasteiger partial charge < -0.3 is 9.84 Å². The van der Waals surface area contributed by atoms with Crippen molar-refractivity contribution in [2.75, 3.05) is 20.3 Å². The van der Waals surface area contributed by atoms with Crippen molar-refractivity contribution in [2.45, 2.75) is 43.4 Å². The van der Waals surface area contributed by atoms with E-state index in [1.807, 2.05) is 6.92 Å². The van der Waals surface area contributed by atoms with Gasteiger partial charge >= 0.3 is 5.97 Å². The van der Waals surface area contributed by atoms with E-state index in [4.69, 9.17) is 9.84 Å². The topological polar surface area (TPSA) is 83.9 Å². The molecule has 0 radical (unpaired) electrons. The molecular formula is C12H21NO5S. The Balaban J connectivity index is 2.21. The summed E-state index contributed by atoms with van der Waals surface area (Å²) in [5.74, 6) is -1.51. The second-order valence-corrected chi connectivity index (χ2v) is 7.94. The zero-order chi connectivity index (χ0) is 14.3. The number of nitrogens with zero attached hydrogens (tertiary/aromatic N) is 1. The number of carboxylic acid groups (broad SMARTS) is 1. The molecule has 2 unspecified atom stereocenters. The molecule has 2 aliphatic rings. The number of hydrogen-bond donors (Lipinski definition) is 1. The summed E-state index contributed by atoms with van der Waals surface area (Å²) < 4.78 is 31.0. The van der Waals surface area contributed by atoms with Crippen molar-refractivity contribution in [2.24, 2.45) is 5.92 Å². The summed E-state index contributed by atoms with van der Waals surface area (Å²) in [5.41, 5.74) is 0. The van der Waals surface area contributed by atoms with Crippen LogP contribution in [0.2, 0.25) is 0 Å². The molecule has 0 aromatic rings. The Kier molecular flexibility index (Phi) is 3.90. The predicted octanol–water partition coefficient (Wildman–Crippen LogP) is 0.680. The van der Waals surface area contributed by atoms with E-state index in [1.165, 1.54) is 11.4 Å². The van der Waals surface area contributed by atoms with Crippen LogP contribution in [0.1, 0.15) is 32.6 Å². The molecule has 0 amide bonds. The van der Waals surface area contributed by atoms with E-state index in [2.05, 4.69) is 0 Å². The van der Waals surface area contributed by atoms with Crippen LogP contribution >= 0.6 is 0 Å². The highest BCUT2D eigenvalue weighted by Crippen LogP contribution is 2.46. The molecule has 0 aromatic heterocycles. The number of ether oxygens (including phenoxy) is 1. The smallest absolute Gasteiger partial charge is 0.307 e. The number of piperidine rings is 1. The zero-order valence-electron chi connectivity index (χ0n) is 11.3. The van der Waals surface area contributed by atoms with Gasteiger partial charge in [0.2, 0.25) is 10.0 Å². The fourth-order valence-electron chi connectivity index (χ4n) is 2.74. The van der Waals surface area contributed by atoms with E-state index < -0.39 is 26.7 Å². The van der Waals surface area contributed by atoms with Crippen molar-refractivity contribution < 1.29 is 23.1 Å². The van der Waals surface area contributed by atoms with E-state index in [1.54, 1.807) is 0 Å². The molecule has 110 valence electrons. The molecular weight excluding hydrogens is 270 g/mol. The van der Waals surface area contributed by atoms with Crippen molar-refractivity contribution in [3.63, 3.8) is 0 Å². The Hall–Kier alpha value is -0.660. The van der Waals surface area contributed by atoms with Gasteiger partial charge in [-0.3, -0.25) is 4.79 Å². The SMILES string of the molecule is COCC1(S(=O)(=O)N2CC(C(=O)O)CCC2C)CC1. The first-order valence-electron chi connectivity index (χ1n) is 6.57. The first kappa shape index (κ1) is 14.7. The first-order chi connectivity index (χ1) is 8.84. The largest absolute Gasteiger partial charge is 0.481 e. The summed E-state index contributed by atoms with van der Waals surface area (Å²) in [6.45, 7) is 2.12. The zero-order valence-corrected chi connectivity index (χ0v) is 12.1. The standard InChI is InChI=1S/C12H21NO5S/c1-9-3-4-10(11(14)15)7-13(9)19(16,17)12(5-6-12)8-18-2/h9-10H,3-8H2,1-2H3,(H,14,15). The molecule has 0 spiro atoms. The number of carbonyl (C=O) groups is 1. The number of rotatable bonds is 5. The minimum absolute atomic E-state index is 0.0876. The lowest BCUT2D eigenvalue weighted by Gasteiger charge is -2.37. The van der Waals surface area contributed by atoms with Crippen LogP contribution in [0.15, 0.2) is 0 Å². The van der Waals surface area contributed by atoms with Crippen LogP contribution in [0.4, 0.5) is 0 Å². The number of sulfonamides is 1. The van der Waals surface area contributed by atoms with Crippen LogP contribution in [-0.4, -0.2) is 54.8 Å². The first-order valence-corrected chi connectivity index (χ1v) is 8.01. The van der Waals surface area contributed by atoms with Crippen LogP contribution in [0, 0.1) is 5.92 Å². The number of methoxy groups -OCH3 is 1. The van der Waals surface area contributed by atoms with Gasteiger partial charge in [-0.2, -0.15) is 4.31 Å². The summed E-state index contributed by atoms with van der Waals surface area (Å²) in [7, 11) is -1.99. The molecule has 1 N–H and O–H groups in total. The van der Waals surface area contributed by atoms with Crippen LogP contribution in [0.3, 0.4) is 0 Å². The quantitative estimate of drug-likeness (QED) is 0.805. The van der Waals surface area contributed by atoms with E-state index in [-0.39, 0.29) is 19.2 Å². The molecule has 1 heterocycles. The molecule has 1 aliphatic carbocycles. The van der Waals surface area contributed by atoms with Crippen LogP contribution in [-0.2, 0) is 19.6 Å². The van der Waals surface area contributed by atoms with Gasteiger partial charge in [0.1, 0.15) is 4.75 Å². The average Bonchev–Trinajstić information content (AvgIpc) is 3.11. The van der Waals surface area contributed by atoms with Gasteiger partial charge in [-0.1, -0.05) is 0 Å². The van der Waals surface area contributed by atoms with Crippen molar-refractivity contribution in [1.82, 2.24) is 4.31 Å². The van der Waals surface area contributed by atoms with Gasteiger partial charge in [0, 0.05) is 19.7 Å². The lowest BCUT2D eigenvalue weighted by Crippen LogP contribution is -2.52. The molecule has 1 aliphatic heterocycles. The Bertz CT molecular complexity index is 457. The molecule has 2 fully saturated rings. The average molecular weight is 291 g/mol.